The molecule has 2 heterocycles. The Hall–Kier alpha value is -1.55. The Morgan fingerprint density at radius 1 is 1.35 bits per heavy atom. The van der Waals surface area contributed by atoms with Crippen molar-refractivity contribution in [2.24, 2.45) is 5.41 Å². The van der Waals surface area contributed by atoms with Gasteiger partial charge in [0, 0.05) is 13.0 Å². The van der Waals surface area contributed by atoms with Gasteiger partial charge in [0.15, 0.2) is 0 Å². The summed E-state index contributed by atoms with van der Waals surface area (Å²) in [6.45, 7) is 1.79. The molecule has 3 rings (SSSR count). The summed E-state index contributed by atoms with van der Waals surface area (Å²) in [5.41, 5.74) is 1.74. The number of rotatable bonds is 4. The summed E-state index contributed by atoms with van der Waals surface area (Å²) in [4.78, 5) is 11.6. The lowest BCUT2D eigenvalue weighted by molar-refractivity contribution is -0.158. The molecule has 1 aromatic rings. The highest BCUT2D eigenvalue weighted by Gasteiger charge is 2.40. The molecule has 1 N–H and O–H groups in total. The van der Waals surface area contributed by atoms with E-state index in [0.29, 0.717) is 19.6 Å². The van der Waals surface area contributed by atoms with E-state index in [4.69, 9.17) is 9.47 Å². The fourth-order valence-electron chi connectivity index (χ4n) is 3.10. The van der Waals surface area contributed by atoms with Crippen LogP contribution in [0, 0.1) is 5.41 Å². The van der Waals surface area contributed by atoms with Crippen LogP contribution in [-0.2, 0) is 22.4 Å². The molecular formula is C16H20O4. The molecule has 0 bridgehead atoms. The third kappa shape index (κ3) is 2.52. The van der Waals surface area contributed by atoms with Crippen LogP contribution in [0.15, 0.2) is 18.2 Å². The molecule has 1 fully saturated rings. The van der Waals surface area contributed by atoms with Crippen LogP contribution in [-0.4, -0.2) is 30.9 Å². The third-order valence-corrected chi connectivity index (χ3v) is 4.42. The van der Waals surface area contributed by atoms with E-state index in [-0.39, 0.29) is 0 Å². The van der Waals surface area contributed by atoms with Gasteiger partial charge in [-0.2, -0.15) is 0 Å². The molecule has 0 spiro atoms. The van der Waals surface area contributed by atoms with Crippen molar-refractivity contribution in [3.05, 3.63) is 29.3 Å². The van der Waals surface area contributed by atoms with Crippen LogP contribution in [0.25, 0.3) is 0 Å². The summed E-state index contributed by atoms with van der Waals surface area (Å²) in [5, 5.41) is 9.52. The Bertz CT molecular complexity index is 503. The molecule has 1 unspecified atom stereocenters. The Kier molecular flexibility index (Phi) is 3.66. The van der Waals surface area contributed by atoms with Crippen molar-refractivity contribution in [1.29, 1.82) is 0 Å². The number of ether oxygens (including phenoxy) is 2. The normalized spacial score (nSPS) is 25.0. The van der Waals surface area contributed by atoms with E-state index < -0.39 is 11.4 Å². The fourth-order valence-corrected chi connectivity index (χ4v) is 3.10. The first-order valence-electron chi connectivity index (χ1n) is 7.25. The molecule has 108 valence electrons. The van der Waals surface area contributed by atoms with Crippen LogP contribution in [0.4, 0.5) is 0 Å². The predicted molar refractivity (Wildman–Crippen MR) is 74.1 cm³/mol. The topological polar surface area (TPSA) is 55.8 Å². The number of carboxylic acid groups (broad SMARTS) is 1. The Labute approximate surface area is 118 Å². The zero-order valence-corrected chi connectivity index (χ0v) is 11.6. The zero-order valence-electron chi connectivity index (χ0n) is 11.6. The van der Waals surface area contributed by atoms with Crippen LogP contribution >= 0.6 is 0 Å². The molecule has 0 radical (unpaired) electrons. The first-order chi connectivity index (χ1) is 9.70. The van der Waals surface area contributed by atoms with E-state index >= 15 is 0 Å². The number of benzene rings is 1. The molecule has 0 saturated carbocycles. The summed E-state index contributed by atoms with van der Waals surface area (Å²) in [6, 6.07) is 6.20. The second-order valence-corrected chi connectivity index (χ2v) is 5.78. The molecule has 1 saturated heterocycles. The lowest BCUT2D eigenvalue weighted by atomic mass is 9.77. The average molecular weight is 276 g/mol. The van der Waals surface area contributed by atoms with Gasteiger partial charge in [-0.3, -0.25) is 4.79 Å². The highest BCUT2D eigenvalue weighted by Crippen LogP contribution is 2.35. The maximum Gasteiger partial charge on any atom is 0.311 e. The van der Waals surface area contributed by atoms with Crippen molar-refractivity contribution in [3.8, 4) is 5.75 Å². The molecule has 4 heteroatoms. The number of aliphatic carboxylic acids is 1. The van der Waals surface area contributed by atoms with Crippen molar-refractivity contribution in [2.75, 3.05) is 19.8 Å². The van der Waals surface area contributed by atoms with Crippen LogP contribution in [0.5, 0.6) is 5.75 Å². The minimum atomic E-state index is -0.721. The number of carbonyl (C=O) groups is 1. The monoisotopic (exact) mass is 276 g/mol. The molecule has 1 atom stereocenters. The van der Waals surface area contributed by atoms with Gasteiger partial charge in [0.05, 0.1) is 18.6 Å². The van der Waals surface area contributed by atoms with Gasteiger partial charge in [-0.05, 0) is 42.9 Å². The average Bonchev–Trinajstić information content (AvgIpc) is 2.93. The highest BCUT2D eigenvalue weighted by molar-refractivity contribution is 5.75. The summed E-state index contributed by atoms with van der Waals surface area (Å²) in [6.07, 6.45) is 3.93. The highest BCUT2D eigenvalue weighted by atomic mass is 16.5. The van der Waals surface area contributed by atoms with Crippen molar-refractivity contribution in [1.82, 2.24) is 0 Å². The van der Waals surface area contributed by atoms with Crippen LogP contribution < -0.4 is 4.74 Å². The van der Waals surface area contributed by atoms with Crippen LogP contribution in [0.3, 0.4) is 0 Å². The Morgan fingerprint density at radius 3 is 3.00 bits per heavy atom. The molecule has 4 nitrogen and oxygen atoms in total. The number of carboxylic acids is 1. The second kappa shape index (κ2) is 5.44. The van der Waals surface area contributed by atoms with Gasteiger partial charge in [-0.25, -0.2) is 0 Å². The summed E-state index contributed by atoms with van der Waals surface area (Å²) in [5.74, 6) is 0.254. The van der Waals surface area contributed by atoms with Crippen LogP contribution in [0.1, 0.15) is 30.4 Å². The first-order valence-corrected chi connectivity index (χ1v) is 7.25. The zero-order chi connectivity index (χ0) is 14.0. The lowest BCUT2D eigenvalue weighted by Gasteiger charge is -2.33. The minimum absolute atomic E-state index is 0.344. The summed E-state index contributed by atoms with van der Waals surface area (Å²) >= 11 is 0. The predicted octanol–water partition coefficient (Wildman–Crippen LogP) is 2.44. The lowest BCUT2D eigenvalue weighted by Crippen LogP contribution is -2.39. The van der Waals surface area contributed by atoms with Gasteiger partial charge in [-0.1, -0.05) is 12.1 Å². The van der Waals surface area contributed by atoms with E-state index in [2.05, 4.69) is 6.07 Å². The van der Waals surface area contributed by atoms with Crippen molar-refractivity contribution in [2.45, 2.75) is 32.1 Å². The van der Waals surface area contributed by atoms with Gasteiger partial charge in [0.25, 0.3) is 0 Å². The molecule has 2 aliphatic heterocycles. The van der Waals surface area contributed by atoms with E-state index in [1.54, 1.807) is 0 Å². The van der Waals surface area contributed by atoms with Gasteiger partial charge in [0.2, 0.25) is 0 Å². The molecular weight excluding hydrogens is 256 g/mol. The van der Waals surface area contributed by atoms with E-state index in [1.165, 1.54) is 11.1 Å². The van der Waals surface area contributed by atoms with Gasteiger partial charge in [-0.15, -0.1) is 0 Å². The number of hydrogen-bond acceptors (Lipinski definition) is 3. The third-order valence-electron chi connectivity index (χ3n) is 4.42. The minimum Gasteiger partial charge on any atom is -0.493 e. The van der Waals surface area contributed by atoms with E-state index in [1.807, 2.05) is 12.1 Å². The largest absolute Gasteiger partial charge is 0.493 e. The standard InChI is InChI=1S/C16H20O4/c17-15(18)16(6-1-8-19-11-16)7-4-12-2-3-14-13(10-12)5-9-20-14/h2-3,10H,1,4-9,11H2,(H,17,18). The van der Waals surface area contributed by atoms with Crippen LogP contribution in [0.2, 0.25) is 0 Å². The van der Waals surface area contributed by atoms with Gasteiger partial charge in [0.1, 0.15) is 5.75 Å². The summed E-state index contributed by atoms with van der Waals surface area (Å²) in [7, 11) is 0. The van der Waals surface area contributed by atoms with Crippen molar-refractivity contribution in [3.63, 3.8) is 0 Å². The number of fused-ring (bicyclic) bond motifs is 1. The second-order valence-electron chi connectivity index (χ2n) is 5.78. The Balaban J connectivity index is 1.69. The quantitative estimate of drug-likeness (QED) is 0.917. The molecule has 0 amide bonds. The van der Waals surface area contributed by atoms with E-state index in [0.717, 1.165) is 38.0 Å². The fraction of sp³-hybridized carbons (Fsp3) is 0.562. The smallest absolute Gasteiger partial charge is 0.311 e. The number of hydrogen-bond donors (Lipinski definition) is 1. The van der Waals surface area contributed by atoms with Gasteiger partial charge >= 0.3 is 5.97 Å². The van der Waals surface area contributed by atoms with Crippen molar-refractivity contribution < 1.29 is 19.4 Å². The Morgan fingerprint density at radius 2 is 2.25 bits per heavy atom. The van der Waals surface area contributed by atoms with Gasteiger partial charge < -0.3 is 14.6 Å². The molecule has 1 aromatic carbocycles. The van der Waals surface area contributed by atoms with E-state index in [9.17, 15) is 9.90 Å². The molecule has 20 heavy (non-hydrogen) atoms. The maximum atomic E-state index is 11.6. The first kappa shape index (κ1) is 13.4. The number of aryl methyl sites for hydroxylation is 1. The van der Waals surface area contributed by atoms with Crippen molar-refractivity contribution >= 4 is 5.97 Å². The maximum absolute atomic E-state index is 11.6. The molecule has 0 aromatic heterocycles. The SMILES string of the molecule is O=C(O)C1(CCc2ccc3c(c2)CCO3)CCCOC1. The molecule has 0 aliphatic carbocycles. The summed E-state index contributed by atoms with van der Waals surface area (Å²) < 4.78 is 10.9. The molecule has 2 aliphatic rings.